The van der Waals surface area contributed by atoms with Gasteiger partial charge in [0.25, 0.3) is 0 Å². The van der Waals surface area contributed by atoms with E-state index >= 15 is 0 Å². The highest BCUT2D eigenvalue weighted by atomic mass is 32.1. The van der Waals surface area contributed by atoms with Crippen molar-refractivity contribution >= 4 is 53.7 Å². The van der Waals surface area contributed by atoms with Gasteiger partial charge in [-0.15, -0.1) is 11.3 Å². The van der Waals surface area contributed by atoms with Crippen molar-refractivity contribution in [1.82, 2.24) is 0 Å². The second-order valence-corrected chi connectivity index (χ2v) is 11.7. The normalized spacial score (nSPS) is 11.3. The number of anilines is 2. The van der Waals surface area contributed by atoms with Crippen molar-refractivity contribution in [2.75, 3.05) is 5.32 Å². The highest BCUT2D eigenvalue weighted by Gasteiger charge is 2.16. The topological polar surface area (TPSA) is 12.0 Å². The Balaban J connectivity index is 1.23. The molecule has 7 aromatic carbocycles. The van der Waals surface area contributed by atoms with Gasteiger partial charge in [0.2, 0.25) is 0 Å². The van der Waals surface area contributed by atoms with Crippen LogP contribution in [0.1, 0.15) is 0 Å². The fraction of sp³-hybridized carbons (Fsp3) is 0. The van der Waals surface area contributed by atoms with Crippen LogP contribution in [0.25, 0.3) is 64.3 Å². The summed E-state index contributed by atoms with van der Waals surface area (Å²) in [5.74, 6) is 0. The molecule has 1 aromatic heterocycles. The fourth-order valence-electron chi connectivity index (χ4n) is 6.00. The molecule has 0 atom stereocenters. The van der Waals surface area contributed by atoms with E-state index in [1.807, 2.05) is 11.3 Å². The summed E-state index contributed by atoms with van der Waals surface area (Å²) in [6, 6.07) is 56.6. The highest BCUT2D eigenvalue weighted by molar-refractivity contribution is 7.27. The molecule has 0 radical (unpaired) electrons. The van der Waals surface area contributed by atoms with Gasteiger partial charge in [0.05, 0.1) is 10.4 Å². The average Bonchev–Trinajstić information content (AvgIpc) is 3.47. The molecule has 0 fully saturated rings. The summed E-state index contributed by atoms with van der Waals surface area (Å²) in [6.07, 6.45) is 0. The number of hydrogen-bond acceptors (Lipinski definition) is 2. The molecule has 0 saturated heterocycles. The summed E-state index contributed by atoms with van der Waals surface area (Å²) in [6.45, 7) is 0. The third kappa shape index (κ3) is 4.34. The van der Waals surface area contributed by atoms with E-state index in [-0.39, 0.29) is 0 Å². The second-order valence-electron chi connectivity index (χ2n) is 10.6. The molecule has 1 N–H and O–H groups in total. The van der Waals surface area contributed by atoms with Crippen LogP contribution in [0.5, 0.6) is 0 Å². The molecule has 1 heterocycles. The zero-order valence-corrected chi connectivity index (χ0v) is 23.7. The monoisotopic (exact) mass is 553 g/mol. The Kier molecular flexibility index (Phi) is 6.05. The van der Waals surface area contributed by atoms with E-state index < -0.39 is 0 Å². The van der Waals surface area contributed by atoms with Crippen LogP contribution in [-0.4, -0.2) is 0 Å². The molecule has 198 valence electrons. The molecule has 0 aliphatic heterocycles. The first-order valence-electron chi connectivity index (χ1n) is 14.3. The predicted molar refractivity (Wildman–Crippen MR) is 183 cm³/mol. The Morgan fingerprint density at radius 2 is 1.00 bits per heavy atom. The van der Waals surface area contributed by atoms with Crippen molar-refractivity contribution < 1.29 is 0 Å². The van der Waals surface area contributed by atoms with Crippen LogP contribution in [-0.2, 0) is 0 Å². The molecular formula is C40H27NS. The summed E-state index contributed by atoms with van der Waals surface area (Å²) in [7, 11) is 0. The second kappa shape index (κ2) is 10.3. The molecule has 0 saturated carbocycles. The van der Waals surface area contributed by atoms with Crippen molar-refractivity contribution in [2.24, 2.45) is 0 Å². The molecular weight excluding hydrogens is 527 g/mol. The molecule has 0 amide bonds. The Labute approximate surface area is 249 Å². The smallest absolute Gasteiger partial charge is 0.0597 e. The largest absolute Gasteiger partial charge is 0.354 e. The zero-order valence-electron chi connectivity index (χ0n) is 22.9. The van der Waals surface area contributed by atoms with Crippen LogP contribution in [0.4, 0.5) is 11.4 Å². The van der Waals surface area contributed by atoms with Gasteiger partial charge in [-0.3, -0.25) is 0 Å². The van der Waals surface area contributed by atoms with Crippen molar-refractivity contribution in [3.05, 3.63) is 158 Å². The Morgan fingerprint density at radius 3 is 1.79 bits per heavy atom. The molecule has 0 unspecified atom stereocenters. The minimum atomic E-state index is 1.08. The van der Waals surface area contributed by atoms with E-state index in [0.29, 0.717) is 0 Å². The molecule has 8 aromatic rings. The fourth-order valence-corrected chi connectivity index (χ4v) is 7.33. The SMILES string of the molecule is c1ccc(-c2ccc(-c3cccc(Nc4cc5ccccc5c5c4sc4c(-c6ccccc6)cccc45)c3)cc2)cc1. The number of nitrogens with one attached hydrogen (secondary N) is 1. The first-order valence-corrected chi connectivity index (χ1v) is 15.1. The maximum Gasteiger partial charge on any atom is 0.0597 e. The minimum absolute atomic E-state index is 1.08. The van der Waals surface area contributed by atoms with E-state index in [2.05, 4.69) is 163 Å². The molecule has 0 aliphatic rings. The van der Waals surface area contributed by atoms with Crippen molar-refractivity contribution in [3.8, 4) is 33.4 Å². The van der Waals surface area contributed by atoms with E-state index in [1.165, 1.54) is 64.3 Å². The summed E-state index contributed by atoms with van der Waals surface area (Å²) >= 11 is 1.88. The molecule has 42 heavy (non-hydrogen) atoms. The lowest BCUT2D eigenvalue weighted by Gasteiger charge is -2.12. The van der Waals surface area contributed by atoms with Gasteiger partial charge in [0, 0.05) is 21.2 Å². The predicted octanol–water partition coefficient (Wildman–Crippen LogP) is 12.0. The molecule has 2 heteroatoms. The summed E-state index contributed by atoms with van der Waals surface area (Å²) < 4.78 is 2.61. The van der Waals surface area contributed by atoms with E-state index in [9.17, 15) is 0 Å². The van der Waals surface area contributed by atoms with Gasteiger partial charge in [0.1, 0.15) is 0 Å². The van der Waals surface area contributed by atoms with E-state index in [0.717, 1.165) is 11.4 Å². The van der Waals surface area contributed by atoms with Gasteiger partial charge >= 0.3 is 0 Å². The van der Waals surface area contributed by atoms with Gasteiger partial charge in [-0.05, 0) is 62.4 Å². The summed E-state index contributed by atoms with van der Waals surface area (Å²) in [4.78, 5) is 0. The summed E-state index contributed by atoms with van der Waals surface area (Å²) in [5, 5.41) is 8.98. The highest BCUT2D eigenvalue weighted by Crippen LogP contribution is 2.46. The van der Waals surface area contributed by atoms with E-state index in [1.54, 1.807) is 0 Å². The molecule has 8 rings (SSSR count). The zero-order chi connectivity index (χ0) is 27.9. The third-order valence-electron chi connectivity index (χ3n) is 8.04. The Bertz CT molecular complexity index is 2190. The van der Waals surface area contributed by atoms with Crippen LogP contribution in [0.2, 0.25) is 0 Å². The van der Waals surface area contributed by atoms with Gasteiger partial charge in [-0.1, -0.05) is 140 Å². The van der Waals surface area contributed by atoms with Gasteiger partial charge in [-0.2, -0.15) is 0 Å². The number of thiophene rings is 1. The lowest BCUT2D eigenvalue weighted by atomic mass is 9.99. The van der Waals surface area contributed by atoms with Gasteiger partial charge < -0.3 is 5.32 Å². The van der Waals surface area contributed by atoms with Crippen molar-refractivity contribution in [2.45, 2.75) is 0 Å². The van der Waals surface area contributed by atoms with Crippen LogP contribution in [0, 0.1) is 0 Å². The molecule has 0 bridgehead atoms. The quantitative estimate of drug-likeness (QED) is 0.223. The molecule has 0 spiro atoms. The maximum atomic E-state index is 3.82. The summed E-state index contributed by atoms with van der Waals surface area (Å²) in [5.41, 5.74) is 9.61. The molecule has 0 aliphatic carbocycles. The van der Waals surface area contributed by atoms with Gasteiger partial charge in [-0.25, -0.2) is 0 Å². The lowest BCUT2D eigenvalue weighted by molar-refractivity contribution is 1.56. The first-order chi connectivity index (χ1) is 20.8. The Hall–Kier alpha value is -5.18. The third-order valence-corrected chi connectivity index (χ3v) is 9.31. The maximum absolute atomic E-state index is 3.82. The molecule has 1 nitrogen and oxygen atoms in total. The number of hydrogen-bond donors (Lipinski definition) is 1. The van der Waals surface area contributed by atoms with Gasteiger partial charge in [0.15, 0.2) is 0 Å². The Morgan fingerprint density at radius 1 is 0.405 bits per heavy atom. The average molecular weight is 554 g/mol. The van der Waals surface area contributed by atoms with Crippen LogP contribution in [0.3, 0.4) is 0 Å². The van der Waals surface area contributed by atoms with Crippen LogP contribution >= 0.6 is 11.3 Å². The first kappa shape index (κ1) is 24.6. The standard InChI is InChI=1S/C40H27NS/c1-3-11-27(12-4-1)28-21-23-29(24-22-28)31-16-9-17-33(25-31)41-37-26-32-15-7-8-18-34(32)38-36-20-10-19-35(39(36)42-40(37)38)30-13-5-2-6-14-30/h1-26,41H. The minimum Gasteiger partial charge on any atom is -0.354 e. The number of rotatable bonds is 5. The van der Waals surface area contributed by atoms with Crippen LogP contribution < -0.4 is 5.32 Å². The number of fused-ring (bicyclic) bond motifs is 5. The van der Waals surface area contributed by atoms with Crippen molar-refractivity contribution in [1.29, 1.82) is 0 Å². The number of benzene rings is 7. The lowest BCUT2D eigenvalue weighted by Crippen LogP contribution is -1.92. The van der Waals surface area contributed by atoms with Crippen LogP contribution in [0.15, 0.2) is 158 Å². The van der Waals surface area contributed by atoms with E-state index in [4.69, 9.17) is 0 Å². The van der Waals surface area contributed by atoms with Crippen molar-refractivity contribution in [3.63, 3.8) is 0 Å².